The molecule has 0 aliphatic carbocycles. The Morgan fingerprint density at radius 2 is 1.39 bits per heavy atom. The molecule has 1 aromatic carbocycles. The van der Waals surface area contributed by atoms with E-state index in [-0.39, 0.29) is 0 Å². The van der Waals surface area contributed by atoms with Gasteiger partial charge in [-0.15, -0.1) is 5.54 Å². The molecule has 4 nitrogen and oxygen atoms in total. The Morgan fingerprint density at radius 1 is 0.964 bits per heavy atom. The summed E-state index contributed by atoms with van der Waals surface area (Å²) in [5.74, 6) is -1.43. The second-order valence-corrected chi connectivity index (χ2v) is 13.2. The SMILES string of the molecule is CC1(C)OC(=O)C(C(C)(C#C[Si](C)(C)C)c2ccc(C(F)(F)F)cc2)C(=O)O1. The van der Waals surface area contributed by atoms with Gasteiger partial charge in [-0.3, -0.25) is 9.59 Å². The van der Waals surface area contributed by atoms with E-state index >= 15 is 0 Å². The van der Waals surface area contributed by atoms with Crippen LogP contribution in [0.1, 0.15) is 31.9 Å². The first-order chi connectivity index (χ1) is 12.6. The van der Waals surface area contributed by atoms with Gasteiger partial charge in [-0.05, 0) is 24.6 Å². The molecular formula is C20H23F3O4Si. The van der Waals surface area contributed by atoms with Crippen molar-refractivity contribution in [3.8, 4) is 11.5 Å². The third kappa shape index (κ3) is 4.76. The fourth-order valence-corrected chi connectivity index (χ4v) is 3.46. The van der Waals surface area contributed by atoms with Crippen molar-refractivity contribution < 1.29 is 32.2 Å². The summed E-state index contributed by atoms with van der Waals surface area (Å²) in [4.78, 5) is 25.3. The van der Waals surface area contributed by atoms with E-state index in [0.29, 0.717) is 5.56 Å². The van der Waals surface area contributed by atoms with E-state index in [1.807, 2.05) is 19.6 Å². The fraction of sp³-hybridized carbons (Fsp3) is 0.500. The van der Waals surface area contributed by atoms with Crippen molar-refractivity contribution in [2.45, 2.75) is 57.8 Å². The number of ether oxygens (including phenoxy) is 2. The zero-order chi connectivity index (χ0) is 21.5. The number of rotatable bonds is 2. The van der Waals surface area contributed by atoms with E-state index in [1.165, 1.54) is 26.0 Å². The van der Waals surface area contributed by atoms with E-state index < -0.39 is 48.9 Å². The number of esters is 2. The van der Waals surface area contributed by atoms with Crippen molar-refractivity contribution in [3.63, 3.8) is 0 Å². The summed E-state index contributed by atoms with van der Waals surface area (Å²) in [5.41, 5.74) is 1.21. The van der Waals surface area contributed by atoms with Crippen LogP contribution >= 0.6 is 0 Å². The Hall–Kier alpha value is -2.27. The number of carbonyl (C=O) groups is 2. The summed E-state index contributed by atoms with van der Waals surface area (Å²) in [6, 6.07) is 4.30. The zero-order valence-electron chi connectivity index (χ0n) is 16.7. The molecular weight excluding hydrogens is 389 g/mol. The summed E-state index contributed by atoms with van der Waals surface area (Å²) in [6.45, 7) is 10.4. The maximum Gasteiger partial charge on any atom is 0.416 e. The lowest BCUT2D eigenvalue weighted by Gasteiger charge is -2.39. The predicted molar refractivity (Wildman–Crippen MR) is 99.7 cm³/mol. The standard InChI is InChI=1S/C20H23F3O4Si/c1-18(2)26-16(24)15(17(25)27-18)19(3,11-12-28(4,5)6)13-7-9-14(10-8-13)20(21,22)23/h7-10,15H,1-6H3. The highest BCUT2D eigenvalue weighted by molar-refractivity contribution is 6.83. The molecule has 0 amide bonds. The molecule has 28 heavy (non-hydrogen) atoms. The van der Waals surface area contributed by atoms with E-state index in [2.05, 4.69) is 11.5 Å². The molecule has 1 aliphatic rings. The van der Waals surface area contributed by atoms with Crippen LogP contribution < -0.4 is 0 Å². The minimum atomic E-state index is -4.49. The van der Waals surface area contributed by atoms with Gasteiger partial charge in [-0.2, -0.15) is 13.2 Å². The molecule has 1 atom stereocenters. The molecule has 0 spiro atoms. The molecule has 0 bridgehead atoms. The van der Waals surface area contributed by atoms with E-state index in [9.17, 15) is 22.8 Å². The highest BCUT2D eigenvalue weighted by Gasteiger charge is 2.53. The van der Waals surface area contributed by atoms with E-state index in [1.54, 1.807) is 6.92 Å². The van der Waals surface area contributed by atoms with Crippen molar-refractivity contribution in [1.82, 2.24) is 0 Å². The lowest BCUT2D eigenvalue weighted by atomic mass is 9.71. The molecule has 1 aromatic rings. The third-order valence-corrected chi connectivity index (χ3v) is 5.13. The van der Waals surface area contributed by atoms with Crippen molar-refractivity contribution in [2.24, 2.45) is 5.92 Å². The number of benzene rings is 1. The first kappa shape index (κ1) is 22.0. The van der Waals surface area contributed by atoms with E-state index in [0.717, 1.165) is 12.1 Å². The number of hydrogen-bond acceptors (Lipinski definition) is 4. The second kappa shape index (κ2) is 6.96. The predicted octanol–water partition coefficient (Wildman–Crippen LogP) is 4.30. The Balaban J connectivity index is 2.60. The normalized spacial score (nSPS) is 19.8. The minimum absolute atomic E-state index is 0.310. The molecule has 1 saturated heterocycles. The Kier molecular flexibility index (Phi) is 5.47. The number of halogens is 3. The molecule has 152 valence electrons. The molecule has 1 heterocycles. The van der Waals surface area contributed by atoms with E-state index in [4.69, 9.17) is 9.47 Å². The van der Waals surface area contributed by atoms with Gasteiger partial charge in [0.25, 0.3) is 5.79 Å². The van der Waals surface area contributed by atoms with Crippen LogP contribution in [0.25, 0.3) is 0 Å². The zero-order valence-corrected chi connectivity index (χ0v) is 17.7. The van der Waals surface area contributed by atoms with Crippen molar-refractivity contribution in [2.75, 3.05) is 0 Å². The molecule has 1 fully saturated rings. The Bertz CT molecular complexity index is 821. The maximum atomic E-state index is 12.9. The number of alkyl halides is 3. The van der Waals surface area contributed by atoms with Crippen LogP contribution in [0, 0.1) is 17.4 Å². The van der Waals surface area contributed by atoms with Gasteiger partial charge in [0.2, 0.25) is 0 Å². The molecule has 0 N–H and O–H groups in total. The van der Waals surface area contributed by atoms with Crippen molar-refractivity contribution in [1.29, 1.82) is 0 Å². The van der Waals surface area contributed by atoms with Gasteiger partial charge in [0.05, 0.1) is 11.0 Å². The summed E-state index contributed by atoms with van der Waals surface area (Å²) in [5, 5.41) is 0. The highest BCUT2D eigenvalue weighted by atomic mass is 28.3. The topological polar surface area (TPSA) is 52.6 Å². The van der Waals surface area contributed by atoms with Gasteiger partial charge >= 0.3 is 18.1 Å². The van der Waals surface area contributed by atoms with Gasteiger partial charge in [-0.1, -0.05) is 37.7 Å². The monoisotopic (exact) mass is 412 g/mol. The Morgan fingerprint density at radius 3 is 1.79 bits per heavy atom. The molecule has 1 unspecified atom stereocenters. The minimum Gasteiger partial charge on any atom is -0.422 e. The summed E-state index contributed by atoms with van der Waals surface area (Å²) in [6.07, 6.45) is -4.49. The van der Waals surface area contributed by atoms with Crippen LogP contribution in [0.4, 0.5) is 13.2 Å². The lowest BCUT2D eigenvalue weighted by molar-refractivity contribution is -0.242. The quantitative estimate of drug-likeness (QED) is 0.315. The lowest BCUT2D eigenvalue weighted by Crippen LogP contribution is -2.53. The average Bonchev–Trinajstić information content (AvgIpc) is 2.49. The summed E-state index contributed by atoms with van der Waals surface area (Å²) < 4.78 is 49.2. The Labute approximate surface area is 163 Å². The third-order valence-electron chi connectivity index (χ3n) is 4.25. The van der Waals surface area contributed by atoms with Crippen molar-refractivity contribution in [3.05, 3.63) is 35.4 Å². The number of carbonyl (C=O) groups excluding carboxylic acids is 2. The van der Waals surface area contributed by atoms with Gasteiger partial charge < -0.3 is 9.47 Å². The molecule has 0 aromatic heterocycles. The first-order valence-corrected chi connectivity index (χ1v) is 12.2. The maximum absolute atomic E-state index is 12.9. The van der Waals surface area contributed by atoms with Crippen LogP contribution in [0.3, 0.4) is 0 Å². The van der Waals surface area contributed by atoms with Crippen LogP contribution in [0.2, 0.25) is 19.6 Å². The van der Waals surface area contributed by atoms with Crippen LogP contribution in [-0.4, -0.2) is 25.8 Å². The summed E-state index contributed by atoms with van der Waals surface area (Å²) >= 11 is 0. The molecule has 8 heteroatoms. The van der Waals surface area contributed by atoms with Crippen LogP contribution in [-0.2, 0) is 30.7 Å². The summed E-state index contributed by atoms with van der Waals surface area (Å²) in [7, 11) is -1.92. The molecule has 1 aliphatic heterocycles. The molecule has 0 radical (unpaired) electrons. The average molecular weight is 412 g/mol. The second-order valence-electron chi connectivity index (χ2n) is 8.45. The van der Waals surface area contributed by atoms with Crippen LogP contribution in [0.5, 0.6) is 0 Å². The first-order valence-electron chi connectivity index (χ1n) is 8.73. The smallest absolute Gasteiger partial charge is 0.416 e. The van der Waals surface area contributed by atoms with Crippen LogP contribution in [0.15, 0.2) is 24.3 Å². The highest BCUT2D eigenvalue weighted by Crippen LogP contribution is 2.39. The largest absolute Gasteiger partial charge is 0.422 e. The number of hydrogen-bond donors (Lipinski definition) is 0. The number of cyclic esters (lactones) is 2. The van der Waals surface area contributed by atoms with Gasteiger partial charge in [0.15, 0.2) is 5.92 Å². The fourth-order valence-electron chi connectivity index (χ4n) is 2.82. The van der Waals surface area contributed by atoms with Crippen molar-refractivity contribution >= 4 is 20.0 Å². The molecule has 0 saturated carbocycles. The van der Waals surface area contributed by atoms with Gasteiger partial charge in [0.1, 0.15) is 8.07 Å². The molecule has 2 rings (SSSR count). The van der Waals surface area contributed by atoms with Gasteiger partial charge in [-0.25, -0.2) is 0 Å². The van der Waals surface area contributed by atoms with Gasteiger partial charge in [0, 0.05) is 13.8 Å².